The molecular formula is C15H26O2. The molecule has 2 heteroatoms. The average Bonchev–Trinajstić information content (AvgIpc) is 2.49. The van der Waals surface area contributed by atoms with Crippen molar-refractivity contribution in [2.24, 2.45) is 22.2 Å². The SMILES string of the molecule is CC(C)(C)C(=O)OC1CC2CCC1(C)C2(C)C. The van der Waals surface area contributed by atoms with Crippen LogP contribution in [0.15, 0.2) is 0 Å². The van der Waals surface area contributed by atoms with Gasteiger partial charge in [0.2, 0.25) is 0 Å². The molecule has 3 unspecified atom stereocenters. The number of carbonyl (C=O) groups excluding carboxylic acids is 1. The molecule has 2 rings (SSSR count). The van der Waals surface area contributed by atoms with Gasteiger partial charge in [-0.15, -0.1) is 0 Å². The highest BCUT2D eigenvalue weighted by molar-refractivity contribution is 5.75. The summed E-state index contributed by atoms with van der Waals surface area (Å²) >= 11 is 0. The van der Waals surface area contributed by atoms with E-state index in [1.807, 2.05) is 20.8 Å². The first-order chi connectivity index (χ1) is 7.59. The van der Waals surface area contributed by atoms with E-state index >= 15 is 0 Å². The van der Waals surface area contributed by atoms with Crippen molar-refractivity contribution in [1.82, 2.24) is 0 Å². The van der Waals surface area contributed by atoms with Crippen LogP contribution in [0.5, 0.6) is 0 Å². The van der Waals surface area contributed by atoms with Gasteiger partial charge < -0.3 is 4.74 Å². The maximum absolute atomic E-state index is 12.0. The quantitative estimate of drug-likeness (QED) is 0.650. The van der Waals surface area contributed by atoms with Gasteiger partial charge in [0.25, 0.3) is 0 Å². The van der Waals surface area contributed by atoms with Crippen LogP contribution < -0.4 is 0 Å². The van der Waals surface area contributed by atoms with Crippen LogP contribution in [0.2, 0.25) is 0 Å². The number of hydrogen-bond acceptors (Lipinski definition) is 2. The fourth-order valence-corrected chi connectivity index (χ4v) is 3.61. The first kappa shape index (κ1) is 12.9. The van der Waals surface area contributed by atoms with Crippen molar-refractivity contribution in [3.05, 3.63) is 0 Å². The van der Waals surface area contributed by atoms with E-state index in [1.54, 1.807) is 0 Å². The molecule has 0 N–H and O–H groups in total. The van der Waals surface area contributed by atoms with Gasteiger partial charge in [0.15, 0.2) is 0 Å². The molecular weight excluding hydrogens is 212 g/mol. The largest absolute Gasteiger partial charge is 0.461 e. The van der Waals surface area contributed by atoms with Crippen molar-refractivity contribution in [2.75, 3.05) is 0 Å². The van der Waals surface area contributed by atoms with Gasteiger partial charge in [-0.1, -0.05) is 20.8 Å². The van der Waals surface area contributed by atoms with Crippen molar-refractivity contribution >= 4 is 5.97 Å². The molecule has 3 atom stereocenters. The van der Waals surface area contributed by atoms with Crippen LogP contribution in [-0.2, 0) is 9.53 Å². The summed E-state index contributed by atoms with van der Waals surface area (Å²) in [4.78, 5) is 12.0. The lowest BCUT2D eigenvalue weighted by Gasteiger charge is -2.39. The van der Waals surface area contributed by atoms with Gasteiger partial charge in [-0.3, -0.25) is 4.79 Å². The number of fused-ring (bicyclic) bond motifs is 2. The van der Waals surface area contributed by atoms with E-state index < -0.39 is 0 Å². The third-order valence-corrected chi connectivity index (χ3v) is 5.58. The molecule has 17 heavy (non-hydrogen) atoms. The van der Waals surface area contributed by atoms with Crippen molar-refractivity contribution in [3.63, 3.8) is 0 Å². The van der Waals surface area contributed by atoms with Crippen LogP contribution in [0.3, 0.4) is 0 Å². The van der Waals surface area contributed by atoms with Crippen molar-refractivity contribution in [3.8, 4) is 0 Å². The lowest BCUT2D eigenvalue weighted by Crippen LogP contribution is -2.40. The van der Waals surface area contributed by atoms with Crippen LogP contribution in [0.1, 0.15) is 60.8 Å². The van der Waals surface area contributed by atoms with Crippen molar-refractivity contribution in [2.45, 2.75) is 66.9 Å². The molecule has 2 bridgehead atoms. The maximum Gasteiger partial charge on any atom is 0.311 e. The monoisotopic (exact) mass is 238 g/mol. The van der Waals surface area contributed by atoms with E-state index in [2.05, 4.69) is 20.8 Å². The third-order valence-electron chi connectivity index (χ3n) is 5.58. The molecule has 0 heterocycles. The van der Waals surface area contributed by atoms with E-state index in [0.717, 1.165) is 12.3 Å². The Morgan fingerprint density at radius 2 is 1.82 bits per heavy atom. The Hall–Kier alpha value is -0.530. The summed E-state index contributed by atoms with van der Waals surface area (Å²) in [6, 6.07) is 0. The smallest absolute Gasteiger partial charge is 0.311 e. The zero-order valence-electron chi connectivity index (χ0n) is 12.1. The van der Waals surface area contributed by atoms with Gasteiger partial charge in [0.1, 0.15) is 6.10 Å². The van der Waals surface area contributed by atoms with Crippen LogP contribution in [0.25, 0.3) is 0 Å². The van der Waals surface area contributed by atoms with Gasteiger partial charge in [-0.05, 0) is 51.4 Å². The zero-order chi connectivity index (χ0) is 13.1. The number of ether oxygens (including phenoxy) is 1. The summed E-state index contributed by atoms with van der Waals surface area (Å²) in [6.45, 7) is 12.8. The summed E-state index contributed by atoms with van der Waals surface area (Å²) in [5, 5.41) is 0. The second kappa shape index (κ2) is 3.49. The van der Waals surface area contributed by atoms with Gasteiger partial charge >= 0.3 is 5.97 Å². The molecule has 0 aromatic heterocycles. The Morgan fingerprint density at radius 3 is 2.18 bits per heavy atom. The van der Waals surface area contributed by atoms with Gasteiger partial charge in [-0.25, -0.2) is 0 Å². The minimum Gasteiger partial charge on any atom is -0.461 e. The van der Waals surface area contributed by atoms with E-state index in [-0.39, 0.29) is 22.9 Å². The molecule has 0 radical (unpaired) electrons. The topological polar surface area (TPSA) is 26.3 Å². The molecule has 2 aliphatic carbocycles. The number of esters is 1. The Bertz CT molecular complexity index is 337. The van der Waals surface area contributed by atoms with Crippen molar-refractivity contribution < 1.29 is 9.53 Å². The molecule has 2 aliphatic rings. The van der Waals surface area contributed by atoms with E-state index in [1.165, 1.54) is 12.8 Å². The number of hydrogen-bond donors (Lipinski definition) is 0. The summed E-state index contributed by atoms with van der Waals surface area (Å²) < 4.78 is 5.81. The highest BCUT2D eigenvalue weighted by Crippen LogP contribution is 2.66. The lowest BCUT2D eigenvalue weighted by molar-refractivity contribution is -0.166. The predicted molar refractivity (Wildman–Crippen MR) is 68.6 cm³/mol. The minimum atomic E-state index is -0.387. The molecule has 2 nitrogen and oxygen atoms in total. The first-order valence-electron chi connectivity index (χ1n) is 6.80. The van der Waals surface area contributed by atoms with Gasteiger partial charge in [-0.2, -0.15) is 0 Å². The fourth-order valence-electron chi connectivity index (χ4n) is 3.61. The van der Waals surface area contributed by atoms with E-state index in [4.69, 9.17) is 4.74 Å². The molecule has 98 valence electrons. The Labute approximate surface area is 105 Å². The third kappa shape index (κ3) is 1.71. The van der Waals surface area contributed by atoms with Crippen molar-refractivity contribution in [1.29, 1.82) is 0 Å². The molecule has 0 aliphatic heterocycles. The molecule has 0 saturated heterocycles. The minimum absolute atomic E-state index is 0.0490. The Kier molecular flexibility index (Phi) is 2.65. The first-order valence-corrected chi connectivity index (χ1v) is 6.80. The zero-order valence-corrected chi connectivity index (χ0v) is 12.1. The second-order valence-electron chi connectivity index (χ2n) is 7.75. The van der Waals surface area contributed by atoms with Crippen LogP contribution in [0.4, 0.5) is 0 Å². The maximum atomic E-state index is 12.0. The van der Waals surface area contributed by atoms with Gasteiger partial charge in [0.05, 0.1) is 5.41 Å². The highest BCUT2D eigenvalue weighted by Gasteiger charge is 2.63. The van der Waals surface area contributed by atoms with E-state index in [0.29, 0.717) is 5.41 Å². The molecule has 0 spiro atoms. The van der Waals surface area contributed by atoms with Crippen LogP contribution >= 0.6 is 0 Å². The number of carbonyl (C=O) groups is 1. The van der Waals surface area contributed by atoms with E-state index in [9.17, 15) is 4.79 Å². The lowest BCUT2D eigenvalue weighted by atomic mass is 9.70. The molecule has 0 amide bonds. The predicted octanol–water partition coefficient (Wildman–Crippen LogP) is 3.79. The summed E-state index contributed by atoms with van der Waals surface area (Å²) in [5.74, 6) is 0.678. The Morgan fingerprint density at radius 1 is 1.24 bits per heavy atom. The molecule has 0 aromatic rings. The normalized spacial score (nSPS) is 39.4. The van der Waals surface area contributed by atoms with Gasteiger partial charge in [0, 0.05) is 5.41 Å². The summed E-state index contributed by atoms with van der Waals surface area (Å²) in [7, 11) is 0. The molecule has 2 fully saturated rings. The average molecular weight is 238 g/mol. The summed E-state index contributed by atoms with van der Waals surface area (Å²) in [5.41, 5.74) is 0.108. The second-order valence-corrected chi connectivity index (χ2v) is 7.75. The van der Waals surface area contributed by atoms with Crippen LogP contribution in [-0.4, -0.2) is 12.1 Å². The fraction of sp³-hybridized carbons (Fsp3) is 0.933. The Balaban J connectivity index is 2.14. The highest BCUT2D eigenvalue weighted by atomic mass is 16.5. The summed E-state index contributed by atoms with van der Waals surface area (Å²) in [6.07, 6.45) is 3.69. The number of rotatable bonds is 1. The van der Waals surface area contributed by atoms with Crippen LogP contribution in [0, 0.1) is 22.2 Å². The molecule has 0 aromatic carbocycles. The standard InChI is InChI=1S/C15H26O2/c1-13(2,3)12(16)17-11-9-10-7-8-15(11,6)14(10,4)5/h10-11H,7-9H2,1-6H3. The molecule has 2 saturated carbocycles.